The summed E-state index contributed by atoms with van der Waals surface area (Å²) in [6.07, 6.45) is -0.000411. The smallest absolute Gasteiger partial charge is 0.307 e. The Labute approximate surface area is 182 Å². The fourth-order valence-corrected chi connectivity index (χ4v) is 3.85. The van der Waals surface area contributed by atoms with Gasteiger partial charge in [0.1, 0.15) is 5.82 Å². The van der Waals surface area contributed by atoms with Gasteiger partial charge in [-0.1, -0.05) is 51.1 Å². The number of aliphatic carboxylic acids is 1. The van der Waals surface area contributed by atoms with E-state index in [1.165, 1.54) is 5.56 Å². The number of carboxylic acids is 1. The molecule has 31 heavy (non-hydrogen) atoms. The van der Waals surface area contributed by atoms with Crippen LogP contribution in [-0.2, 0) is 23.2 Å². The van der Waals surface area contributed by atoms with Gasteiger partial charge in [0, 0.05) is 16.8 Å². The molecule has 0 aliphatic heterocycles. The number of carboxylic acid groups (broad SMARTS) is 1. The number of aromatic nitrogens is 4. The minimum absolute atomic E-state index is 0.000411. The Hall–Kier alpha value is -3.41. The Bertz CT molecular complexity index is 1260. The molecule has 6 nitrogen and oxygen atoms in total. The summed E-state index contributed by atoms with van der Waals surface area (Å²) >= 11 is 0. The first-order chi connectivity index (χ1) is 14.6. The second-order valence-corrected chi connectivity index (χ2v) is 9.14. The van der Waals surface area contributed by atoms with E-state index in [0.29, 0.717) is 6.54 Å². The van der Waals surface area contributed by atoms with Crippen molar-refractivity contribution in [2.75, 3.05) is 0 Å². The fourth-order valence-electron chi connectivity index (χ4n) is 3.85. The van der Waals surface area contributed by atoms with Gasteiger partial charge in [-0.25, -0.2) is 4.98 Å². The molecule has 0 radical (unpaired) electrons. The van der Waals surface area contributed by atoms with Gasteiger partial charge >= 0.3 is 5.97 Å². The van der Waals surface area contributed by atoms with Gasteiger partial charge in [-0.2, -0.15) is 5.10 Å². The van der Waals surface area contributed by atoms with Crippen LogP contribution < -0.4 is 0 Å². The van der Waals surface area contributed by atoms with Crippen molar-refractivity contribution in [1.29, 1.82) is 0 Å². The van der Waals surface area contributed by atoms with Crippen molar-refractivity contribution in [2.24, 2.45) is 0 Å². The summed E-state index contributed by atoms with van der Waals surface area (Å²) in [6, 6.07) is 14.6. The molecule has 0 atom stereocenters. The zero-order valence-electron chi connectivity index (χ0n) is 18.7. The standard InChI is InChI=1S/C25H28N4O2/c1-15-20(13-23(30)31)16(2)29(28-15)14-17-6-8-18(9-7-17)24-26-21-11-10-19(25(3,4)5)12-22(21)27-24/h6-12H,13-14H2,1-5H3,(H,26,27)(H,30,31). The highest BCUT2D eigenvalue weighted by atomic mass is 16.4. The van der Waals surface area contributed by atoms with Crippen LogP contribution in [0.4, 0.5) is 0 Å². The summed E-state index contributed by atoms with van der Waals surface area (Å²) in [5, 5.41) is 13.6. The van der Waals surface area contributed by atoms with E-state index in [1.807, 2.05) is 18.5 Å². The Morgan fingerprint density at radius 3 is 2.45 bits per heavy atom. The number of hydrogen-bond donors (Lipinski definition) is 2. The van der Waals surface area contributed by atoms with E-state index in [2.05, 4.69) is 73.3 Å². The number of nitrogens with one attached hydrogen (secondary N) is 1. The predicted molar refractivity (Wildman–Crippen MR) is 122 cm³/mol. The lowest BCUT2D eigenvalue weighted by Gasteiger charge is -2.18. The molecular weight excluding hydrogens is 388 g/mol. The van der Waals surface area contributed by atoms with E-state index in [0.717, 1.165) is 44.9 Å². The molecule has 0 amide bonds. The highest BCUT2D eigenvalue weighted by Crippen LogP contribution is 2.27. The number of aromatic amines is 1. The zero-order valence-corrected chi connectivity index (χ0v) is 18.7. The van der Waals surface area contributed by atoms with Crippen LogP contribution >= 0.6 is 0 Å². The van der Waals surface area contributed by atoms with Crippen LogP contribution in [0.2, 0.25) is 0 Å². The number of rotatable bonds is 5. The molecule has 0 spiro atoms. The van der Waals surface area contributed by atoms with Gasteiger partial charge in [0.05, 0.1) is 29.7 Å². The maximum Gasteiger partial charge on any atom is 0.307 e. The van der Waals surface area contributed by atoms with Crippen LogP contribution in [0.25, 0.3) is 22.4 Å². The van der Waals surface area contributed by atoms with Gasteiger partial charge in [0.15, 0.2) is 0 Å². The minimum Gasteiger partial charge on any atom is -0.481 e. The zero-order chi connectivity index (χ0) is 22.3. The second kappa shape index (κ2) is 7.69. The van der Waals surface area contributed by atoms with Crippen LogP contribution in [0.5, 0.6) is 0 Å². The Morgan fingerprint density at radius 2 is 1.81 bits per heavy atom. The maximum absolute atomic E-state index is 11.1. The highest BCUT2D eigenvalue weighted by molar-refractivity contribution is 5.80. The Morgan fingerprint density at radius 1 is 1.10 bits per heavy atom. The number of aryl methyl sites for hydroxylation is 1. The van der Waals surface area contributed by atoms with Gasteiger partial charge < -0.3 is 10.1 Å². The molecule has 2 aromatic carbocycles. The molecule has 4 rings (SSSR count). The van der Waals surface area contributed by atoms with Gasteiger partial charge in [0.25, 0.3) is 0 Å². The molecular formula is C25H28N4O2. The summed E-state index contributed by atoms with van der Waals surface area (Å²) in [5.41, 5.74) is 7.96. The van der Waals surface area contributed by atoms with Crippen molar-refractivity contribution in [2.45, 2.75) is 53.0 Å². The number of nitrogens with zero attached hydrogens (tertiary/aromatic N) is 3. The first kappa shape index (κ1) is 20.8. The van der Waals surface area contributed by atoms with Gasteiger partial charge in [-0.05, 0) is 42.5 Å². The Balaban J connectivity index is 1.57. The average Bonchev–Trinajstić information content (AvgIpc) is 3.24. The quantitative estimate of drug-likeness (QED) is 0.479. The van der Waals surface area contributed by atoms with Crippen LogP contribution in [-0.4, -0.2) is 30.8 Å². The fraction of sp³-hybridized carbons (Fsp3) is 0.320. The number of imidazole rings is 1. The van der Waals surface area contributed by atoms with E-state index in [1.54, 1.807) is 0 Å². The summed E-state index contributed by atoms with van der Waals surface area (Å²) in [5.74, 6) is 0.0121. The maximum atomic E-state index is 11.1. The number of H-pyrrole nitrogens is 1. The van der Waals surface area contributed by atoms with Crippen LogP contribution in [0, 0.1) is 13.8 Å². The summed E-state index contributed by atoms with van der Waals surface area (Å²) in [7, 11) is 0. The van der Waals surface area contributed by atoms with Gasteiger partial charge in [-0.15, -0.1) is 0 Å². The molecule has 6 heteroatoms. The number of fused-ring (bicyclic) bond motifs is 1. The normalized spacial score (nSPS) is 11.9. The molecule has 0 saturated heterocycles. The monoisotopic (exact) mass is 416 g/mol. The molecule has 0 saturated carbocycles. The van der Waals surface area contributed by atoms with Crippen molar-refractivity contribution in [3.05, 3.63) is 70.5 Å². The number of carbonyl (C=O) groups is 1. The van der Waals surface area contributed by atoms with Crippen molar-refractivity contribution >= 4 is 17.0 Å². The lowest BCUT2D eigenvalue weighted by Crippen LogP contribution is -2.10. The summed E-state index contributed by atoms with van der Waals surface area (Å²) in [4.78, 5) is 19.3. The first-order valence-electron chi connectivity index (χ1n) is 10.5. The van der Waals surface area contributed by atoms with Crippen molar-refractivity contribution in [1.82, 2.24) is 19.7 Å². The molecule has 0 bridgehead atoms. The molecule has 160 valence electrons. The second-order valence-electron chi connectivity index (χ2n) is 9.14. The van der Waals surface area contributed by atoms with E-state index in [4.69, 9.17) is 10.1 Å². The third-order valence-electron chi connectivity index (χ3n) is 5.77. The number of benzene rings is 2. The average molecular weight is 417 g/mol. The lowest BCUT2D eigenvalue weighted by molar-refractivity contribution is -0.136. The third kappa shape index (κ3) is 4.24. The molecule has 2 heterocycles. The van der Waals surface area contributed by atoms with Gasteiger partial charge in [-0.3, -0.25) is 9.48 Å². The first-order valence-corrected chi connectivity index (χ1v) is 10.5. The lowest BCUT2D eigenvalue weighted by atomic mass is 9.87. The van der Waals surface area contributed by atoms with E-state index in [-0.39, 0.29) is 11.8 Å². The van der Waals surface area contributed by atoms with Crippen LogP contribution in [0.3, 0.4) is 0 Å². The third-order valence-corrected chi connectivity index (χ3v) is 5.77. The minimum atomic E-state index is -0.837. The van der Waals surface area contributed by atoms with Gasteiger partial charge in [0.2, 0.25) is 0 Å². The van der Waals surface area contributed by atoms with Crippen molar-refractivity contribution in [3.8, 4) is 11.4 Å². The topological polar surface area (TPSA) is 83.8 Å². The van der Waals surface area contributed by atoms with Crippen LogP contribution in [0.1, 0.15) is 48.8 Å². The van der Waals surface area contributed by atoms with E-state index in [9.17, 15) is 4.79 Å². The molecule has 0 aliphatic rings. The molecule has 2 N–H and O–H groups in total. The number of hydrogen-bond acceptors (Lipinski definition) is 3. The predicted octanol–water partition coefficient (Wildman–Crippen LogP) is 5.02. The largest absolute Gasteiger partial charge is 0.481 e. The van der Waals surface area contributed by atoms with E-state index < -0.39 is 5.97 Å². The highest BCUT2D eigenvalue weighted by Gasteiger charge is 2.16. The van der Waals surface area contributed by atoms with Crippen molar-refractivity contribution < 1.29 is 9.90 Å². The summed E-state index contributed by atoms with van der Waals surface area (Å²) in [6.45, 7) is 11.0. The molecule has 0 unspecified atom stereocenters. The van der Waals surface area contributed by atoms with Crippen molar-refractivity contribution in [3.63, 3.8) is 0 Å². The molecule has 2 aromatic heterocycles. The van der Waals surface area contributed by atoms with E-state index >= 15 is 0 Å². The van der Waals surface area contributed by atoms with Crippen LogP contribution in [0.15, 0.2) is 42.5 Å². The SMILES string of the molecule is Cc1nn(Cc2ccc(-c3nc4ccc(C(C)(C)C)cc4[nH]3)cc2)c(C)c1CC(=O)O. The molecule has 0 fully saturated rings. The molecule has 4 aromatic rings. The molecule has 0 aliphatic carbocycles. The summed E-state index contributed by atoms with van der Waals surface area (Å²) < 4.78 is 1.87. The Kier molecular flexibility index (Phi) is 5.17.